The molecule has 3 aromatic carbocycles. The van der Waals surface area contributed by atoms with Gasteiger partial charge in [-0.05, 0) is 116 Å². The zero-order chi connectivity index (χ0) is 37.8. The summed E-state index contributed by atoms with van der Waals surface area (Å²) < 4.78 is 1.14. The summed E-state index contributed by atoms with van der Waals surface area (Å²) in [6, 6.07) is 11.4. The van der Waals surface area contributed by atoms with Crippen LogP contribution in [0.3, 0.4) is 0 Å². The molecule has 0 saturated carbocycles. The van der Waals surface area contributed by atoms with E-state index in [9.17, 15) is 9.59 Å². The molecular formula is C45H63BrO3. The number of Topliss-reactive ketones (excluding diaryl/α,β-unsaturated/α-hetero) is 2. The first-order chi connectivity index (χ1) is 22.2. The zero-order valence-electron chi connectivity index (χ0n) is 33.6. The second-order valence-electron chi connectivity index (χ2n) is 18.6. The summed E-state index contributed by atoms with van der Waals surface area (Å²) in [5.74, 6) is 0.808. The molecule has 0 heterocycles. The van der Waals surface area contributed by atoms with E-state index in [4.69, 9.17) is 5.11 Å². The molecule has 0 spiro atoms. The minimum atomic E-state index is -0.00549. The van der Waals surface area contributed by atoms with Crippen LogP contribution in [0.25, 0.3) is 11.1 Å². The van der Waals surface area contributed by atoms with Gasteiger partial charge in [-0.15, -0.1) is 0 Å². The molecule has 2 aliphatic carbocycles. The van der Waals surface area contributed by atoms with Crippen molar-refractivity contribution in [2.24, 2.45) is 11.8 Å². The fourth-order valence-corrected chi connectivity index (χ4v) is 7.99. The molecule has 2 unspecified atom stereocenters. The average molecular weight is 732 g/mol. The van der Waals surface area contributed by atoms with Crippen molar-refractivity contribution in [2.45, 2.75) is 145 Å². The molecule has 49 heavy (non-hydrogen) atoms. The van der Waals surface area contributed by atoms with Gasteiger partial charge in [0.25, 0.3) is 0 Å². The standard InChI is InChI=1S/C29H40O.C15H19BrO.CH4O/c1-17-12-22-23(26(17)30)16-24(29(9,10)11)18(2)25(22)19-13-20(27(3,4)5)15-21(14-19)28(6,7)8;1-8-6-10-11(14(8)17)7-12(15(3,4)5)9(2)13(10)16;1-2/h13-17H,12H2,1-11H3;7-8H,6H2,1-5H3;2H,1H3. The Hall–Kier alpha value is -2.56. The fraction of sp³-hybridized carbons (Fsp3) is 0.556. The maximum atomic E-state index is 13.0. The summed E-state index contributed by atoms with van der Waals surface area (Å²) in [7, 11) is 1.00. The Morgan fingerprint density at radius 3 is 1.33 bits per heavy atom. The number of fused-ring (bicyclic) bond motifs is 2. The van der Waals surface area contributed by atoms with E-state index in [0.29, 0.717) is 11.6 Å². The van der Waals surface area contributed by atoms with Crippen LogP contribution >= 0.6 is 15.9 Å². The lowest BCUT2D eigenvalue weighted by Gasteiger charge is -2.29. The summed E-state index contributed by atoms with van der Waals surface area (Å²) in [5, 5.41) is 7.00. The van der Waals surface area contributed by atoms with Gasteiger partial charge in [0.05, 0.1) is 0 Å². The molecule has 1 N–H and O–H groups in total. The Morgan fingerprint density at radius 2 is 0.939 bits per heavy atom. The lowest BCUT2D eigenvalue weighted by Crippen LogP contribution is -2.18. The second kappa shape index (κ2) is 14.2. The number of hydrogen-bond donors (Lipinski definition) is 1. The number of aliphatic hydroxyl groups excluding tert-OH is 1. The van der Waals surface area contributed by atoms with Crippen molar-refractivity contribution in [3.8, 4) is 11.1 Å². The number of rotatable bonds is 1. The van der Waals surface area contributed by atoms with Crippen LogP contribution in [0, 0.1) is 25.7 Å². The van der Waals surface area contributed by atoms with Gasteiger partial charge in [0.15, 0.2) is 11.6 Å². The summed E-state index contributed by atoms with van der Waals surface area (Å²) in [5.41, 5.74) is 15.0. The Labute approximate surface area is 306 Å². The van der Waals surface area contributed by atoms with Crippen molar-refractivity contribution in [1.29, 1.82) is 0 Å². The van der Waals surface area contributed by atoms with Crippen LogP contribution in [0.2, 0.25) is 0 Å². The van der Waals surface area contributed by atoms with E-state index in [2.05, 4.69) is 150 Å². The first kappa shape index (κ1) is 40.9. The minimum Gasteiger partial charge on any atom is -0.400 e. The van der Waals surface area contributed by atoms with Crippen LogP contribution in [0.15, 0.2) is 34.8 Å². The van der Waals surface area contributed by atoms with Gasteiger partial charge in [-0.3, -0.25) is 9.59 Å². The van der Waals surface area contributed by atoms with E-state index in [1.807, 2.05) is 6.92 Å². The molecule has 2 aliphatic rings. The molecule has 0 bridgehead atoms. The molecule has 5 rings (SSSR count). The molecule has 3 aromatic rings. The second-order valence-corrected chi connectivity index (χ2v) is 19.4. The Balaban J connectivity index is 0.000000289. The van der Waals surface area contributed by atoms with E-state index in [1.54, 1.807) is 0 Å². The maximum absolute atomic E-state index is 13.0. The molecule has 0 radical (unpaired) electrons. The molecular weight excluding hydrogens is 668 g/mol. The SMILES string of the molecule is CO.Cc1c(C(C)(C)C)cc2c(c1-c1cc(C(C)(C)C)cc(C(C)(C)C)c1)CC(C)C2=O.Cc1c(C(C)(C)C)cc2c(c1Br)CC(C)C2=O. The third-order valence-electron chi connectivity index (χ3n) is 10.3. The van der Waals surface area contributed by atoms with Gasteiger partial charge >= 0.3 is 0 Å². The summed E-state index contributed by atoms with van der Waals surface area (Å²) >= 11 is 3.68. The molecule has 268 valence electrons. The molecule has 0 amide bonds. The van der Waals surface area contributed by atoms with Crippen LogP contribution < -0.4 is 0 Å². The Morgan fingerprint density at radius 1 is 0.571 bits per heavy atom. The summed E-state index contributed by atoms with van der Waals surface area (Å²) in [6.45, 7) is 35.5. The quantitative estimate of drug-likeness (QED) is 0.271. The van der Waals surface area contributed by atoms with E-state index in [1.165, 1.54) is 55.6 Å². The Bertz CT molecular complexity index is 1710. The highest BCUT2D eigenvalue weighted by Crippen LogP contribution is 2.44. The van der Waals surface area contributed by atoms with Crippen molar-refractivity contribution >= 4 is 27.5 Å². The highest BCUT2D eigenvalue weighted by molar-refractivity contribution is 9.10. The van der Waals surface area contributed by atoms with Gasteiger partial charge in [0, 0.05) is 34.5 Å². The van der Waals surface area contributed by atoms with Crippen molar-refractivity contribution < 1.29 is 14.7 Å². The lowest BCUT2D eigenvalue weighted by atomic mass is 9.75. The smallest absolute Gasteiger partial charge is 0.166 e. The maximum Gasteiger partial charge on any atom is 0.166 e. The van der Waals surface area contributed by atoms with E-state index in [-0.39, 0.29) is 33.5 Å². The fourth-order valence-electron chi connectivity index (χ4n) is 7.40. The highest BCUT2D eigenvalue weighted by atomic mass is 79.9. The van der Waals surface area contributed by atoms with E-state index >= 15 is 0 Å². The highest BCUT2D eigenvalue weighted by Gasteiger charge is 2.35. The van der Waals surface area contributed by atoms with E-state index < -0.39 is 0 Å². The van der Waals surface area contributed by atoms with Crippen LogP contribution in [0.1, 0.15) is 162 Å². The van der Waals surface area contributed by atoms with Gasteiger partial charge in [0.1, 0.15) is 0 Å². The number of halogens is 1. The van der Waals surface area contributed by atoms with Crippen molar-refractivity contribution in [3.05, 3.63) is 90.4 Å². The number of carbonyl (C=O) groups excluding carboxylic acids is 2. The molecule has 0 aromatic heterocycles. The molecule has 0 saturated heterocycles. The average Bonchev–Trinajstić information content (AvgIpc) is 3.42. The van der Waals surface area contributed by atoms with Gasteiger partial charge in [-0.25, -0.2) is 0 Å². The number of carbonyl (C=O) groups is 2. The number of benzene rings is 3. The van der Waals surface area contributed by atoms with Gasteiger partial charge in [-0.2, -0.15) is 0 Å². The third kappa shape index (κ3) is 8.33. The summed E-state index contributed by atoms with van der Waals surface area (Å²) in [4.78, 5) is 25.1. The van der Waals surface area contributed by atoms with Crippen LogP contribution in [0.4, 0.5) is 0 Å². The lowest BCUT2D eigenvalue weighted by molar-refractivity contribution is 0.0939. The van der Waals surface area contributed by atoms with Crippen molar-refractivity contribution in [1.82, 2.24) is 0 Å². The predicted octanol–water partition coefficient (Wildman–Crippen LogP) is 12.0. The van der Waals surface area contributed by atoms with Crippen molar-refractivity contribution in [3.63, 3.8) is 0 Å². The van der Waals surface area contributed by atoms with Crippen LogP contribution in [0.5, 0.6) is 0 Å². The predicted molar refractivity (Wildman–Crippen MR) is 213 cm³/mol. The number of hydrogen-bond acceptors (Lipinski definition) is 3. The topological polar surface area (TPSA) is 54.4 Å². The number of aliphatic hydroxyl groups is 1. The van der Waals surface area contributed by atoms with Gasteiger partial charge < -0.3 is 5.11 Å². The normalized spacial score (nSPS) is 17.6. The first-order valence-corrected chi connectivity index (χ1v) is 18.7. The Kier molecular flexibility index (Phi) is 11.9. The monoisotopic (exact) mass is 730 g/mol. The molecule has 4 heteroatoms. The molecule has 2 atom stereocenters. The first-order valence-electron chi connectivity index (χ1n) is 17.9. The summed E-state index contributed by atoms with van der Waals surface area (Å²) in [6.07, 6.45) is 1.72. The molecule has 0 aliphatic heterocycles. The van der Waals surface area contributed by atoms with Crippen LogP contribution in [-0.4, -0.2) is 23.8 Å². The van der Waals surface area contributed by atoms with Gasteiger partial charge in [-0.1, -0.05) is 131 Å². The van der Waals surface area contributed by atoms with Crippen molar-refractivity contribution in [2.75, 3.05) is 7.11 Å². The minimum absolute atomic E-state index is 0.00549. The van der Waals surface area contributed by atoms with E-state index in [0.717, 1.165) is 35.6 Å². The molecule has 0 fully saturated rings. The molecule has 3 nitrogen and oxygen atoms in total. The van der Waals surface area contributed by atoms with Gasteiger partial charge in [0.2, 0.25) is 0 Å². The number of ketones is 2. The largest absolute Gasteiger partial charge is 0.400 e. The third-order valence-corrected chi connectivity index (χ3v) is 11.4. The van der Waals surface area contributed by atoms with Crippen LogP contribution in [-0.2, 0) is 34.5 Å². The zero-order valence-corrected chi connectivity index (χ0v) is 35.2.